The number of benzene rings is 2. The predicted octanol–water partition coefficient (Wildman–Crippen LogP) is 4.15. The number of ether oxygens (including phenoxy) is 1. The van der Waals surface area contributed by atoms with E-state index >= 15 is 0 Å². The summed E-state index contributed by atoms with van der Waals surface area (Å²) < 4.78 is 6.66. The van der Waals surface area contributed by atoms with Crippen molar-refractivity contribution in [1.82, 2.24) is 0 Å². The molecule has 0 aliphatic carbocycles. The van der Waals surface area contributed by atoms with Crippen molar-refractivity contribution in [2.75, 3.05) is 6.61 Å². The molecule has 1 unspecified atom stereocenters. The van der Waals surface area contributed by atoms with Crippen LogP contribution in [0.2, 0.25) is 0 Å². The summed E-state index contributed by atoms with van der Waals surface area (Å²) in [7, 11) is 0. The molecule has 0 amide bonds. The second kappa shape index (κ2) is 5.55. The van der Waals surface area contributed by atoms with Crippen molar-refractivity contribution in [3.63, 3.8) is 0 Å². The van der Waals surface area contributed by atoms with Crippen LogP contribution in [-0.2, 0) is 0 Å². The topological polar surface area (TPSA) is 35.2 Å². The minimum Gasteiger partial charge on any atom is -0.487 e. The van der Waals surface area contributed by atoms with Crippen LogP contribution in [0, 0.1) is 0 Å². The molecule has 0 saturated heterocycles. The molecule has 1 atom stereocenters. The zero-order valence-corrected chi connectivity index (χ0v) is 11.9. The summed E-state index contributed by atoms with van der Waals surface area (Å²) in [6, 6.07) is 12.2. The number of rotatable bonds is 4. The molecule has 0 saturated carbocycles. The summed E-state index contributed by atoms with van der Waals surface area (Å²) in [4.78, 5) is 0. The molecular weight excluding hydrogens is 290 g/mol. The number of hydrogen-bond donors (Lipinski definition) is 1. The van der Waals surface area contributed by atoms with Crippen LogP contribution >= 0.6 is 15.9 Å². The Kier molecular flexibility index (Phi) is 4.04. The molecule has 2 aromatic rings. The Hall–Kier alpha value is -1.32. The zero-order valence-electron chi connectivity index (χ0n) is 10.3. The molecule has 0 aromatic heterocycles. The van der Waals surface area contributed by atoms with Gasteiger partial charge >= 0.3 is 0 Å². The Labute approximate surface area is 116 Å². The first-order valence-corrected chi connectivity index (χ1v) is 6.62. The van der Waals surface area contributed by atoms with Gasteiger partial charge in [0.05, 0.1) is 0 Å². The third-order valence-corrected chi connectivity index (χ3v) is 3.00. The maximum Gasteiger partial charge on any atom is 0.132 e. The first kappa shape index (κ1) is 13.1. The van der Waals surface area contributed by atoms with E-state index in [1.165, 1.54) is 0 Å². The van der Waals surface area contributed by atoms with Gasteiger partial charge in [-0.3, -0.25) is 0 Å². The van der Waals surface area contributed by atoms with Crippen LogP contribution in [0.25, 0.3) is 10.8 Å². The molecule has 18 heavy (non-hydrogen) atoms. The Bertz CT molecular complexity index is 578. The molecule has 0 aliphatic rings. The van der Waals surface area contributed by atoms with E-state index < -0.39 is 0 Å². The summed E-state index contributed by atoms with van der Waals surface area (Å²) >= 11 is 3.31. The number of halogens is 1. The van der Waals surface area contributed by atoms with Crippen LogP contribution in [-0.4, -0.2) is 6.61 Å². The molecule has 2 rings (SSSR count). The third-order valence-electron chi connectivity index (χ3n) is 2.77. The summed E-state index contributed by atoms with van der Waals surface area (Å²) in [6.45, 7) is 6.18. The standard InChI is InChI=1S/C15H16BrNO/c1-10(16)9-18-15-13(11(2)17)8-7-12-5-3-4-6-14(12)15/h3-8,11H,1,9,17H2,2H3. The Morgan fingerprint density at radius 2 is 2.06 bits per heavy atom. The highest BCUT2D eigenvalue weighted by Crippen LogP contribution is 2.33. The second-order valence-corrected chi connectivity index (χ2v) is 5.42. The van der Waals surface area contributed by atoms with E-state index in [1.807, 2.05) is 31.2 Å². The maximum absolute atomic E-state index is 6.00. The lowest BCUT2D eigenvalue weighted by molar-refractivity contribution is 0.359. The average Bonchev–Trinajstić information content (AvgIpc) is 2.35. The van der Waals surface area contributed by atoms with Crippen LogP contribution in [0.5, 0.6) is 5.75 Å². The molecule has 0 aliphatic heterocycles. The van der Waals surface area contributed by atoms with Crippen LogP contribution in [0.15, 0.2) is 47.5 Å². The fourth-order valence-corrected chi connectivity index (χ4v) is 2.04. The van der Waals surface area contributed by atoms with Gasteiger partial charge in [-0.2, -0.15) is 0 Å². The van der Waals surface area contributed by atoms with E-state index in [0.29, 0.717) is 6.61 Å². The molecule has 2 N–H and O–H groups in total. The SMILES string of the molecule is C=C(Br)COc1c(C(C)N)ccc2ccccc12. The van der Waals surface area contributed by atoms with Gasteiger partial charge in [-0.1, -0.05) is 58.9 Å². The van der Waals surface area contributed by atoms with Crippen LogP contribution in [0.4, 0.5) is 0 Å². The zero-order chi connectivity index (χ0) is 13.1. The maximum atomic E-state index is 6.00. The quantitative estimate of drug-likeness (QED) is 0.921. The van der Waals surface area contributed by atoms with Crippen LogP contribution < -0.4 is 10.5 Å². The van der Waals surface area contributed by atoms with Gasteiger partial charge in [0.25, 0.3) is 0 Å². The van der Waals surface area contributed by atoms with E-state index in [9.17, 15) is 0 Å². The second-order valence-electron chi connectivity index (χ2n) is 4.30. The number of hydrogen-bond acceptors (Lipinski definition) is 2. The van der Waals surface area contributed by atoms with Crippen molar-refractivity contribution in [1.29, 1.82) is 0 Å². The van der Waals surface area contributed by atoms with E-state index in [1.54, 1.807) is 0 Å². The highest BCUT2D eigenvalue weighted by atomic mass is 79.9. The Morgan fingerprint density at radius 3 is 2.72 bits per heavy atom. The lowest BCUT2D eigenvalue weighted by Crippen LogP contribution is -2.09. The summed E-state index contributed by atoms with van der Waals surface area (Å²) in [5, 5.41) is 2.23. The van der Waals surface area contributed by atoms with Gasteiger partial charge in [0, 0.05) is 21.5 Å². The minimum atomic E-state index is -0.0619. The van der Waals surface area contributed by atoms with Gasteiger partial charge in [-0.15, -0.1) is 0 Å². The first-order valence-electron chi connectivity index (χ1n) is 5.83. The molecule has 3 heteroatoms. The first-order chi connectivity index (χ1) is 8.59. The van der Waals surface area contributed by atoms with Crippen molar-refractivity contribution in [3.8, 4) is 5.75 Å². The van der Waals surface area contributed by atoms with E-state index in [-0.39, 0.29) is 6.04 Å². The lowest BCUT2D eigenvalue weighted by atomic mass is 10.0. The van der Waals surface area contributed by atoms with Crippen molar-refractivity contribution in [2.24, 2.45) is 5.73 Å². The van der Waals surface area contributed by atoms with Crippen molar-refractivity contribution in [3.05, 3.63) is 53.0 Å². The summed E-state index contributed by atoms with van der Waals surface area (Å²) in [5.41, 5.74) is 7.01. The Balaban J connectivity index is 2.55. The summed E-state index contributed by atoms with van der Waals surface area (Å²) in [6.07, 6.45) is 0. The predicted molar refractivity (Wildman–Crippen MR) is 80.1 cm³/mol. The molecular formula is C15H16BrNO. The van der Waals surface area contributed by atoms with Crippen molar-refractivity contribution >= 4 is 26.7 Å². The van der Waals surface area contributed by atoms with Crippen molar-refractivity contribution < 1.29 is 4.74 Å². The largest absolute Gasteiger partial charge is 0.487 e. The molecule has 0 fully saturated rings. The van der Waals surface area contributed by atoms with Crippen molar-refractivity contribution in [2.45, 2.75) is 13.0 Å². The fourth-order valence-electron chi connectivity index (χ4n) is 1.93. The van der Waals surface area contributed by atoms with Gasteiger partial charge in [-0.05, 0) is 12.3 Å². The van der Waals surface area contributed by atoms with Crippen LogP contribution in [0.3, 0.4) is 0 Å². The molecule has 94 valence electrons. The fraction of sp³-hybridized carbons (Fsp3) is 0.200. The lowest BCUT2D eigenvalue weighted by Gasteiger charge is -2.16. The molecule has 2 nitrogen and oxygen atoms in total. The van der Waals surface area contributed by atoms with Crippen LogP contribution in [0.1, 0.15) is 18.5 Å². The molecule has 0 heterocycles. The smallest absolute Gasteiger partial charge is 0.132 e. The van der Waals surface area contributed by atoms with E-state index in [0.717, 1.165) is 26.6 Å². The molecule has 0 radical (unpaired) electrons. The summed E-state index contributed by atoms with van der Waals surface area (Å²) in [5.74, 6) is 0.851. The van der Waals surface area contributed by atoms with Gasteiger partial charge in [0.2, 0.25) is 0 Å². The molecule has 0 bridgehead atoms. The number of fused-ring (bicyclic) bond motifs is 1. The highest BCUT2D eigenvalue weighted by Gasteiger charge is 2.12. The van der Waals surface area contributed by atoms with Gasteiger partial charge in [-0.25, -0.2) is 0 Å². The number of nitrogens with two attached hydrogens (primary N) is 1. The molecule has 2 aromatic carbocycles. The van der Waals surface area contributed by atoms with Gasteiger partial charge in [0.15, 0.2) is 0 Å². The Morgan fingerprint density at radius 1 is 1.33 bits per heavy atom. The molecule has 0 spiro atoms. The highest BCUT2D eigenvalue weighted by molar-refractivity contribution is 9.11. The normalized spacial score (nSPS) is 12.4. The van der Waals surface area contributed by atoms with E-state index in [4.69, 9.17) is 10.5 Å². The van der Waals surface area contributed by atoms with Gasteiger partial charge in [0.1, 0.15) is 12.4 Å². The van der Waals surface area contributed by atoms with Gasteiger partial charge < -0.3 is 10.5 Å². The average molecular weight is 306 g/mol. The monoisotopic (exact) mass is 305 g/mol. The van der Waals surface area contributed by atoms with E-state index in [2.05, 4.69) is 34.6 Å². The minimum absolute atomic E-state index is 0.0619. The third kappa shape index (κ3) is 2.74.